The average Bonchev–Trinajstić information content (AvgIpc) is 2.50. The molecule has 5 heteroatoms. The summed E-state index contributed by atoms with van der Waals surface area (Å²) in [5.41, 5.74) is 6.33. The minimum atomic E-state index is -0.162. The number of carbonyl (C=O) groups is 1. The van der Waals surface area contributed by atoms with E-state index in [2.05, 4.69) is 10.3 Å². The molecule has 3 N–H and O–H groups in total. The van der Waals surface area contributed by atoms with Crippen molar-refractivity contribution in [3.8, 4) is 0 Å². The van der Waals surface area contributed by atoms with E-state index in [1.54, 1.807) is 31.5 Å². The van der Waals surface area contributed by atoms with Gasteiger partial charge in [-0.05, 0) is 44.0 Å². The third kappa shape index (κ3) is 6.23. The van der Waals surface area contributed by atoms with Gasteiger partial charge in [-0.2, -0.15) is 0 Å². The molecule has 21 heavy (non-hydrogen) atoms. The van der Waals surface area contributed by atoms with Crippen molar-refractivity contribution in [3.05, 3.63) is 42.1 Å². The number of carbonyl (C=O) groups excluding carboxylic acids is 1. The van der Waals surface area contributed by atoms with Crippen LogP contribution in [0.1, 0.15) is 25.8 Å². The predicted molar refractivity (Wildman–Crippen MR) is 85.5 cm³/mol. The number of aromatic nitrogens is 1. The van der Waals surface area contributed by atoms with Gasteiger partial charge in [0.2, 0.25) is 5.91 Å². The first-order valence-corrected chi connectivity index (χ1v) is 6.91. The Morgan fingerprint density at radius 2 is 2.29 bits per heavy atom. The van der Waals surface area contributed by atoms with E-state index in [0.29, 0.717) is 5.82 Å². The van der Waals surface area contributed by atoms with E-state index in [1.807, 2.05) is 26.0 Å². The highest BCUT2D eigenvalue weighted by Gasteiger charge is 2.16. The van der Waals surface area contributed by atoms with Gasteiger partial charge in [0.05, 0.1) is 12.1 Å². The van der Waals surface area contributed by atoms with Crippen LogP contribution in [-0.2, 0) is 9.53 Å². The van der Waals surface area contributed by atoms with Crippen LogP contribution in [0.25, 0.3) is 6.08 Å². The van der Waals surface area contributed by atoms with Gasteiger partial charge in [-0.3, -0.25) is 4.79 Å². The fourth-order valence-corrected chi connectivity index (χ4v) is 1.73. The molecule has 1 heterocycles. The molecule has 0 aliphatic rings. The first kappa shape index (κ1) is 16.9. The maximum atomic E-state index is 12.0. The number of amides is 1. The van der Waals surface area contributed by atoms with E-state index >= 15 is 0 Å². The van der Waals surface area contributed by atoms with Crippen LogP contribution in [0.4, 0.5) is 5.82 Å². The van der Waals surface area contributed by atoms with Gasteiger partial charge < -0.3 is 15.8 Å². The summed E-state index contributed by atoms with van der Waals surface area (Å²) in [6.07, 6.45) is 9.44. The zero-order valence-electron chi connectivity index (χ0n) is 12.7. The number of rotatable bonds is 7. The van der Waals surface area contributed by atoms with Gasteiger partial charge in [0, 0.05) is 19.4 Å². The van der Waals surface area contributed by atoms with Crippen molar-refractivity contribution in [2.75, 3.05) is 12.8 Å². The average molecular weight is 289 g/mol. The predicted octanol–water partition coefficient (Wildman–Crippen LogP) is 2.16. The van der Waals surface area contributed by atoms with Crippen molar-refractivity contribution < 1.29 is 9.53 Å². The number of anilines is 1. The van der Waals surface area contributed by atoms with Crippen LogP contribution in [0.15, 0.2) is 36.6 Å². The summed E-state index contributed by atoms with van der Waals surface area (Å²) in [6, 6.07) is 3.44. The lowest BCUT2D eigenvalue weighted by molar-refractivity contribution is -0.118. The first-order valence-electron chi connectivity index (χ1n) is 6.91. The molecule has 5 nitrogen and oxygen atoms in total. The van der Waals surface area contributed by atoms with E-state index in [-0.39, 0.29) is 18.1 Å². The molecule has 0 spiro atoms. The molecule has 0 saturated carbocycles. The number of pyridine rings is 1. The number of nitrogens with two attached hydrogens (primary N) is 1. The van der Waals surface area contributed by atoms with Crippen LogP contribution in [0.2, 0.25) is 0 Å². The van der Waals surface area contributed by atoms with Crippen molar-refractivity contribution in [1.82, 2.24) is 10.3 Å². The normalized spacial score (nSPS) is 14.4. The fraction of sp³-hybridized carbons (Fsp3) is 0.375. The van der Waals surface area contributed by atoms with E-state index in [9.17, 15) is 4.79 Å². The summed E-state index contributed by atoms with van der Waals surface area (Å²) in [5.74, 6) is 0.294. The topological polar surface area (TPSA) is 77.2 Å². The Hall–Kier alpha value is -2.14. The van der Waals surface area contributed by atoms with Gasteiger partial charge in [-0.25, -0.2) is 4.98 Å². The zero-order valence-corrected chi connectivity index (χ0v) is 12.7. The monoisotopic (exact) mass is 289 g/mol. The highest BCUT2D eigenvalue weighted by molar-refractivity contribution is 5.91. The number of methoxy groups -OCH3 is 1. The van der Waals surface area contributed by atoms with Gasteiger partial charge in [0.25, 0.3) is 0 Å². The van der Waals surface area contributed by atoms with Gasteiger partial charge in [0.15, 0.2) is 0 Å². The molecule has 0 aliphatic carbocycles. The van der Waals surface area contributed by atoms with Crippen molar-refractivity contribution in [3.63, 3.8) is 0 Å². The number of nitrogen functional groups attached to an aromatic ring is 1. The SMILES string of the molecule is C/C=C\CC(NC(=O)/C=C/c1ccc(N)nc1)[C@@H](C)OC. The maximum Gasteiger partial charge on any atom is 0.244 e. The standard InChI is InChI=1S/C16H23N3O2/c1-4-5-6-14(12(2)21-3)19-16(20)10-8-13-7-9-15(17)18-11-13/h4-5,7-12,14H,6H2,1-3H3,(H2,17,18)(H,19,20)/b5-4-,10-8+/t12-,14?/m1/s1. The summed E-state index contributed by atoms with van der Waals surface area (Å²) >= 11 is 0. The Morgan fingerprint density at radius 1 is 1.52 bits per heavy atom. The van der Waals surface area contributed by atoms with Gasteiger partial charge in [-0.1, -0.05) is 12.2 Å². The third-order valence-corrected chi connectivity index (χ3v) is 3.13. The number of nitrogens with zero attached hydrogens (tertiary/aromatic N) is 1. The van der Waals surface area contributed by atoms with Crippen LogP contribution in [-0.4, -0.2) is 30.1 Å². The quantitative estimate of drug-likeness (QED) is 0.595. The molecule has 0 aliphatic heterocycles. The van der Waals surface area contributed by atoms with E-state index in [4.69, 9.17) is 10.5 Å². The highest BCUT2D eigenvalue weighted by atomic mass is 16.5. The van der Waals surface area contributed by atoms with Crippen molar-refractivity contribution >= 4 is 17.8 Å². The lowest BCUT2D eigenvalue weighted by Crippen LogP contribution is -2.41. The smallest absolute Gasteiger partial charge is 0.244 e. The number of ether oxygens (including phenoxy) is 1. The molecule has 1 unspecified atom stereocenters. The largest absolute Gasteiger partial charge is 0.384 e. The van der Waals surface area contributed by atoms with Crippen LogP contribution in [0.5, 0.6) is 0 Å². The summed E-state index contributed by atoms with van der Waals surface area (Å²) in [5, 5.41) is 2.94. The summed E-state index contributed by atoms with van der Waals surface area (Å²) in [7, 11) is 1.63. The molecule has 2 atom stereocenters. The second-order valence-corrected chi connectivity index (χ2v) is 4.71. The second-order valence-electron chi connectivity index (χ2n) is 4.71. The first-order chi connectivity index (χ1) is 10.1. The Morgan fingerprint density at radius 3 is 2.86 bits per heavy atom. The van der Waals surface area contributed by atoms with Gasteiger partial charge >= 0.3 is 0 Å². The lowest BCUT2D eigenvalue weighted by Gasteiger charge is -2.22. The van der Waals surface area contributed by atoms with Crippen molar-refractivity contribution in [2.45, 2.75) is 32.4 Å². The number of hydrogen-bond donors (Lipinski definition) is 2. The molecular weight excluding hydrogens is 266 g/mol. The number of nitrogens with one attached hydrogen (secondary N) is 1. The molecule has 1 aromatic heterocycles. The Kier molecular flexibility index (Phi) is 7.18. The molecule has 1 rings (SSSR count). The molecule has 0 aromatic carbocycles. The van der Waals surface area contributed by atoms with Crippen molar-refractivity contribution in [1.29, 1.82) is 0 Å². The molecule has 114 valence electrons. The minimum Gasteiger partial charge on any atom is -0.384 e. The summed E-state index contributed by atoms with van der Waals surface area (Å²) in [4.78, 5) is 15.9. The van der Waals surface area contributed by atoms with E-state index in [0.717, 1.165) is 12.0 Å². The van der Waals surface area contributed by atoms with Crippen LogP contribution >= 0.6 is 0 Å². The lowest BCUT2D eigenvalue weighted by atomic mass is 10.1. The minimum absolute atomic E-state index is 0.0586. The van der Waals surface area contributed by atoms with E-state index in [1.165, 1.54) is 6.08 Å². The number of hydrogen-bond acceptors (Lipinski definition) is 4. The molecule has 1 aromatic rings. The third-order valence-electron chi connectivity index (χ3n) is 3.13. The Bertz CT molecular complexity index is 495. The van der Waals surface area contributed by atoms with Crippen LogP contribution in [0.3, 0.4) is 0 Å². The molecule has 0 fully saturated rings. The highest BCUT2D eigenvalue weighted by Crippen LogP contribution is 2.06. The molecule has 1 amide bonds. The summed E-state index contributed by atoms with van der Waals surface area (Å²) < 4.78 is 5.29. The molecule has 0 saturated heterocycles. The van der Waals surface area contributed by atoms with Crippen molar-refractivity contribution in [2.24, 2.45) is 0 Å². The number of allylic oxidation sites excluding steroid dienone is 1. The molecule has 0 bridgehead atoms. The van der Waals surface area contributed by atoms with E-state index < -0.39 is 0 Å². The zero-order chi connectivity index (χ0) is 15.7. The summed E-state index contributed by atoms with van der Waals surface area (Å²) in [6.45, 7) is 3.88. The molecular formula is C16H23N3O2. The maximum absolute atomic E-state index is 12.0. The van der Waals surface area contributed by atoms with Crippen LogP contribution in [0, 0.1) is 0 Å². The van der Waals surface area contributed by atoms with Gasteiger partial charge in [-0.15, -0.1) is 0 Å². The fourth-order valence-electron chi connectivity index (χ4n) is 1.73. The van der Waals surface area contributed by atoms with Gasteiger partial charge in [0.1, 0.15) is 5.82 Å². The Balaban J connectivity index is 2.62. The second kappa shape index (κ2) is 8.92. The van der Waals surface area contributed by atoms with Crippen LogP contribution < -0.4 is 11.1 Å². The molecule has 0 radical (unpaired) electrons. The Labute approximate surface area is 125 Å².